The largest absolute Gasteiger partial charge is 0.387 e. The molecule has 1 saturated heterocycles. The van der Waals surface area contributed by atoms with E-state index in [4.69, 9.17) is 23.2 Å². The number of hydrogen-bond acceptors (Lipinski definition) is 6. The summed E-state index contributed by atoms with van der Waals surface area (Å²) in [5, 5.41) is 31.9. The molecule has 0 bridgehead atoms. The molecule has 5 atom stereocenters. The number of rotatable bonds is 9. The number of hydrogen-bond donors (Lipinski definition) is 5. The van der Waals surface area contributed by atoms with Crippen LogP contribution < -0.4 is 16.0 Å². The predicted octanol–water partition coefficient (Wildman–Crippen LogP) is 8.14. The summed E-state index contributed by atoms with van der Waals surface area (Å²) < 4.78 is 17.1. The quantitative estimate of drug-likeness (QED) is 0.116. The fourth-order valence-corrected chi connectivity index (χ4v) is 11.4. The Morgan fingerprint density at radius 2 is 1.46 bits per heavy atom. The van der Waals surface area contributed by atoms with Gasteiger partial charge in [-0.3, -0.25) is 19.3 Å². The lowest BCUT2D eigenvalue weighted by Crippen LogP contribution is -2.64. The van der Waals surface area contributed by atoms with E-state index in [0.29, 0.717) is 73.2 Å². The van der Waals surface area contributed by atoms with E-state index in [0.717, 1.165) is 5.56 Å². The molecule has 2 spiro atoms. The summed E-state index contributed by atoms with van der Waals surface area (Å²) in [4.78, 5) is 45.6. The van der Waals surface area contributed by atoms with Gasteiger partial charge in [0.2, 0.25) is 17.7 Å². The Hall–Kier alpha value is -4.32. The van der Waals surface area contributed by atoms with E-state index in [-0.39, 0.29) is 34.0 Å². The van der Waals surface area contributed by atoms with E-state index in [1.54, 1.807) is 24.3 Å². The Kier molecular flexibility index (Phi) is 11.4. The zero-order valence-electron chi connectivity index (χ0n) is 33.3. The number of carbonyl (C=O) groups is 3. The number of halogens is 3. The van der Waals surface area contributed by atoms with E-state index in [1.165, 1.54) is 6.07 Å². The third-order valence-corrected chi connectivity index (χ3v) is 14.3. The van der Waals surface area contributed by atoms with Crippen molar-refractivity contribution in [3.05, 3.63) is 135 Å². The Balaban J connectivity index is 1.40. The minimum atomic E-state index is -1.56. The summed E-state index contributed by atoms with van der Waals surface area (Å²) in [7, 11) is 0. The summed E-state index contributed by atoms with van der Waals surface area (Å²) in [6, 6.07) is 26.5. The van der Waals surface area contributed by atoms with E-state index < -0.39 is 59.3 Å². The second-order valence-electron chi connectivity index (χ2n) is 17.6. The zero-order valence-corrected chi connectivity index (χ0v) is 34.8. The minimum absolute atomic E-state index is 0.114. The molecule has 2 heterocycles. The number of likely N-dealkylation sites (tertiary alicyclic amines) is 1. The molecule has 2 aliphatic carbocycles. The van der Waals surface area contributed by atoms with Crippen LogP contribution in [0.3, 0.4) is 0 Å². The molecule has 2 aliphatic heterocycles. The van der Waals surface area contributed by atoms with Gasteiger partial charge in [0.15, 0.2) is 0 Å². The van der Waals surface area contributed by atoms with Gasteiger partial charge in [-0.25, -0.2) is 4.39 Å². The maximum Gasteiger partial charge on any atom is 0.245 e. The molecule has 4 aromatic carbocycles. The zero-order chi connectivity index (χ0) is 41.7. The van der Waals surface area contributed by atoms with Gasteiger partial charge < -0.3 is 26.2 Å². The number of anilines is 1. The Bertz CT molecular complexity index is 2210. The first-order valence-corrected chi connectivity index (χ1v) is 21.4. The smallest absolute Gasteiger partial charge is 0.245 e. The van der Waals surface area contributed by atoms with Crippen molar-refractivity contribution in [3.8, 4) is 0 Å². The van der Waals surface area contributed by atoms with Crippen molar-refractivity contribution in [2.24, 2.45) is 5.41 Å². The first kappa shape index (κ1) is 41.4. The van der Waals surface area contributed by atoms with Gasteiger partial charge in [0.1, 0.15) is 17.8 Å². The van der Waals surface area contributed by atoms with Gasteiger partial charge >= 0.3 is 0 Å². The molecule has 8 rings (SSSR count). The molecular weight excluding hydrogens is 790 g/mol. The first-order valence-electron chi connectivity index (χ1n) is 20.6. The van der Waals surface area contributed by atoms with Gasteiger partial charge in [-0.15, -0.1) is 0 Å². The van der Waals surface area contributed by atoms with Crippen LogP contribution in [0.1, 0.15) is 106 Å². The number of amides is 3. The third kappa shape index (κ3) is 7.14. The minimum Gasteiger partial charge on any atom is -0.387 e. The SMILES string of the molecule is CC1(C)CCC2(CC1)N([C@H](c1ccccc1)[C@@H](O)c1ccccc1)[C@@H](C(=O)NC1CCC(NC(=O)CO)CC1)[C@H](c1cccc(Cl)c1F)[C@@]21C(=O)Nc2cc(Cl)ccc21. The molecule has 9 nitrogen and oxygen atoms in total. The molecule has 310 valence electrons. The molecule has 0 aromatic heterocycles. The van der Waals surface area contributed by atoms with Crippen LogP contribution in [0.2, 0.25) is 10.0 Å². The maximum atomic E-state index is 17.1. The van der Waals surface area contributed by atoms with Crippen LogP contribution in [-0.2, 0) is 19.8 Å². The van der Waals surface area contributed by atoms with Gasteiger partial charge in [0, 0.05) is 34.3 Å². The van der Waals surface area contributed by atoms with Gasteiger partial charge in [-0.2, -0.15) is 0 Å². The van der Waals surface area contributed by atoms with Crippen molar-refractivity contribution in [2.45, 2.75) is 112 Å². The van der Waals surface area contributed by atoms with Crippen molar-refractivity contribution < 1.29 is 29.0 Å². The fourth-order valence-electron chi connectivity index (χ4n) is 11.0. The molecule has 5 N–H and O–H groups in total. The molecule has 3 amide bonds. The highest BCUT2D eigenvalue weighted by atomic mass is 35.5. The fraction of sp³-hybridized carbons (Fsp3) is 0.426. The summed E-state index contributed by atoms with van der Waals surface area (Å²) in [6.45, 7) is 3.81. The molecule has 4 aromatic rings. The second-order valence-corrected chi connectivity index (χ2v) is 18.5. The Morgan fingerprint density at radius 3 is 2.08 bits per heavy atom. The van der Waals surface area contributed by atoms with Crippen LogP contribution in [0, 0.1) is 11.2 Å². The molecule has 0 radical (unpaired) electrons. The highest BCUT2D eigenvalue weighted by Crippen LogP contribution is 2.70. The summed E-state index contributed by atoms with van der Waals surface area (Å²) >= 11 is 13.2. The second kappa shape index (κ2) is 16.3. The topological polar surface area (TPSA) is 131 Å². The van der Waals surface area contributed by atoms with Crippen LogP contribution in [0.15, 0.2) is 97.1 Å². The molecule has 0 unspecified atom stereocenters. The lowest BCUT2D eigenvalue weighted by Gasteiger charge is -2.56. The average Bonchev–Trinajstić information content (AvgIpc) is 3.66. The first-order chi connectivity index (χ1) is 28.3. The normalized spacial score (nSPS) is 26.9. The van der Waals surface area contributed by atoms with Gasteiger partial charge in [-0.1, -0.05) is 116 Å². The van der Waals surface area contributed by atoms with Crippen molar-refractivity contribution in [2.75, 3.05) is 11.9 Å². The third-order valence-electron chi connectivity index (χ3n) is 13.8. The Morgan fingerprint density at radius 1 is 0.847 bits per heavy atom. The number of nitrogens with one attached hydrogen (secondary N) is 3. The summed E-state index contributed by atoms with van der Waals surface area (Å²) in [6.07, 6.45) is 3.36. The Labute approximate surface area is 354 Å². The molecule has 59 heavy (non-hydrogen) atoms. The van der Waals surface area contributed by atoms with Crippen molar-refractivity contribution in [3.63, 3.8) is 0 Å². The average molecular weight is 842 g/mol. The standard InChI is InChI=1S/C47H51Cl2FN4O5/c1-45(2)22-24-46(25-23-45)47(34-21-16-30(48)26-36(34)53-44(47)59)38(33-14-9-15-35(49)39(33)50)41(43(58)52-32-19-17-31(18-20-32)51-37(56)27-55)54(46)40(28-10-5-3-6-11-28)42(57)29-12-7-4-8-13-29/h3-16,21,26,31-32,38,40-42,55,57H,17-20,22-25,27H2,1-2H3,(H,51,56)(H,52,58)(H,53,59)/t31?,32?,38-,40+,41+,42-,47-/m0/s1. The van der Waals surface area contributed by atoms with Crippen LogP contribution in [0.25, 0.3) is 0 Å². The monoisotopic (exact) mass is 840 g/mol. The van der Waals surface area contributed by atoms with Crippen LogP contribution >= 0.6 is 23.2 Å². The van der Waals surface area contributed by atoms with Crippen molar-refractivity contribution in [1.29, 1.82) is 0 Å². The highest BCUT2D eigenvalue weighted by Gasteiger charge is 2.77. The van der Waals surface area contributed by atoms with Crippen LogP contribution in [-0.4, -0.2) is 63.1 Å². The van der Waals surface area contributed by atoms with Crippen molar-refractivity contribution >= 4 is 46.6 Å². The molecule has 12 heteroatoms. The van der Waals surface area contributed by atoms with E-state index in [2.05, 4.69) is 34.7 Å². The number of benzene rings is 4. The van der Waals surface area contributed by atoms with Crippen molar-refractivity contribution in [1.82, 2.24) is 15.5 Å². The van der Waals surface area contributed by atoms with Gasteiger partial charge in [-0.05, 0) is 97.2 Å². The predicted molar refractivity (Wildman–Crippen MR) is 227 cm³/mol. The maximum absolute atomic E-state index is 17.1. The number of aliphatic hydroxyl groups excluding tert-OH is 2. The van der Waals surface area contributed by atoms with Crippen LogP contribution in [0.5, 0.6) is 0 Å². The number of fused-ring (bicyclic) bond motifs is 3. The number of carbonyl (C=O) groups excluding carboxylic acids is 3. The van der Waals surface area contributed by atoms with Crippen LogP contribution in [0.4, 0.5) is 10.1 Å². The lowest BCUT2D eigenvalue weighted by molar-refractivity contribution is -0.137. The van der Waals surface area contributed by atoms with E-state index >= 15 is 14.0 Å². The van der Waals surface area contributed by atoms with E-state index in [9.17, 15) is 15.0 Å². The molecular formula is C47H51Cl2FN4O5. The molecule has 3 fully saturated rings. The van der Waals surface area contributed by atoms with Gasteiger partial charge in [0.05, 0.1) is 23.2 Å². The number of aliphatic hydroxyl groups is 2. The van der Waals surface area contributed by atoms with E-state index in [1.807, 2.05) is 66.7 Å². The molecule has 2 saturated carbocycles. The van der Waals surface area contributed by atoms with Gasteiger partial charge in [0.25, 0.3) is 0 Å². The number of nitrogens with zero attached hydrogens (tertiary/aromatic N) is 1. The summed E-state index contributed by atoms with van der Waals surface area (Å²) in [5.41, 5.74) is -0.202. The molecule has 4 aliphatic rings. The highest BCUT2D eigenvalue weighted by molar-refractivity contribution is 6.31. The lowest BCUT2D eigenvalue weighted by atomic mass is 9.53. The summed E-state index contributed by atoms with van der Waals surface area (Å²) in [5.74, 6) is -3.04.